The molecule has 0 spiro atoms. The van der Waals surface area contributed by atoms with Crippen LogP contribution in [0.1, 0.15) is 0 Å². The van der Waals surface area contributed by atoms with E-state index >= 15 is 0 Å². The van der Waals surface area contributed by atoms with Gasteiger partial charge in [0.1, 0.15) is 18.0 Å². The van der Waals surface area contributed by atoms with Crippen molar-refractivity contribution >= 4 is 16.6 Å². The third-order valence-corrected chi connectivity index (χ3v) is 3.33. The highest BCUT2D eigenvalue weighted by atomic mass is 19.1. The number of nitrogens with two attached hydrogens (primary N) is 1. The van der Waals surface area contributed by atoms with Crippen LogP contribution >= 0.6 is 0 Å². The second-order valence-corrected chi connectivity index (χ2v) is 4.78. The minimum absolute atomic E-state index is 0.0425. The lowest BCUT2D eigenvalue weighted by Gasteiger charge is -2.08. The standard InChI is InChI=1S/C16H14FN3O2/c17-8-11(9-18)10-22-12-4-5-14-13(7-12)16(21)20-6-2-1-3-15(20)19-14/h1-8H,9-10,18H2/b11-8-. The molecule has 0 bridgehead atoms. The molecule has 0 amide bonds. The van der Waals surface area contributed by atoms with Gasteiger partial charge in [0, 0.05) is 18.3 Å². The third kappa shape index (κ3) is 2.56. The number of hydrogen-bond acceptors (Lipinski definition) is 4. The van der Waals surface area contributed by atoms with Crippen LogP contribution in [0, 0.1) is 0 Å². The van der Waals surface area contributed by atoms with Crippen molar-refractivity contribution in [3.8, 4) is 5.75 Å². The van der Waals surface area contributed by atoms with Crippen LogP contribution in [0.5, 0.6) is 5.75 Å². The first-order valence-corrected chi connectivity index (χ1v) is 6.75. The lowest BCUT2D eigenvalue weighted by atomic mass is 10.2. The van der Waals surface area contributed by atoms with Gasteiger partial charge in [-0.2, -0.15) is 0 Å². The van der Waals surface area contributed by atoms with Crippen molar-refractivity contribution in [1.29, 1.82) is 0 Å². The Hall–Kier alpha value is -2.73. The van der Waals surface area contributed by atoms with Crippen LogP contribution in [0.25, 0.3) is 16.6 Å². The van der Waals surface area contributed by atoms with Crippen molar-refractivity contribution in [2.45, 2.75) is 0 Å². The van der Waals surface area contributed by atoms with Gasteiger partial charge in [-0.15, -0.1) is 0 Å². The van der Waals surface area contributed by atoms with Crippen molar-refractivity contribution in [3.05, 3.63) is 64.9 Å². The fourth-order valence-electron chi connectivity index (χ4n) is 2.13. The van der Waals surface area contributed by atoms with Crippen LogP contribution in [0.3, 0.4) is 0 Å². The summed E-state index contributed by atoms with van der Waals surface area (Å²) in [5, 5.41) is 0.444. The molecular weight excluding hydrogens is 285 g/mol. The lowest BCUT2D eigenvalue weighted by Crippen LogP contribution is -2.15. The van der Waals surface area contributed by atoms with Gasteiger partial charge in [0.25, 0.3) is 5.56 Å². The van der Waals surface area contributed by atoms with E-state index in [-0.39, 0.29) is 18.7 Å². The first kappa shape index (κ1) is 14.2. The van der Waals surface area contributed by atoms with Crippen LogP contribution in [0.15, 0.2) is 59.3 Å². The average molecular weight is 299 g/mol. The number of rotatable bonds is 4. The molecule has 3 rings (SSSR count). The maximum absolute atomic E-state index is 12.5. The van der Waals surface area contributed by atoms with Crippen LogP contribution < -0.4 is 16.0 Å². The zero-order chi connectivity index (χ0) is 15.5. The predicted octanol–water partition coefficient (Wildman–Crippen LogP) is 2.04. The fourth-order valence-corrected chi connectivity index (χ4v) is 2.13. The maximum atomic E-state index is 12.5. The van der Waals surface area contributed by atoms with E-state index in [1.165, 1.54) is 4.40 Å². The Morgan fingerprint density at radius 1 is 1.36 bits per heavy atom. The second kappa shape index (κ2) is 5.95. The Morgan fingerprint density at radius 3 is 3.00 bits per heavy atom. The fraction of sp³-hybridized carbons (Fsp3) is 0.125. The third-order valence-electron chi connectivity index (χ3n) is 3.33. The Kier molecular flexibility index (Phi) is 3.84. The van der Waals surface area contributed by atoms with Gasteiger partial charge in [-0.1, -0.05) is 6.07 Å². The topological polar surface area (TPSA) is 69.6 Å². The van der Waals surface area contributed by atoms with Gasteiger partial charge in [-0.3, -0.25) is 9.20 Å². The van der Waals surface area contributed by atoms with E-state index in [1.54, 1.807) is 36.5 Å². The Balaban J connectivity index is 2.04. The predicted molar refractivity (Wildman–Crippen MR) is 82.7 cm³/mol. The summed E-state index contributed by atoms with van der Waals surface area (Å²) in [5.41, 5.74) is 6.71. The summed E-state index contributed by atoms with van der Waals surface area (Å²) >= 11 is 0. The molecule has 0 atom stereocenters. The molecule has 2 N–H and O–H groups in total. The molecule has 1 aromatic carbocycles. The van der Waals surface area contributed by atoms with Crippen molar-refractivity contribution in [2.75, 3.05) is 13.2 Å². The number of hydrogen-bond donors (Lipinski definition) is 1. The molecule has 112 valence electrons. The number of nitrogens with zero attached hydrogens (tertiary/aromatic N) is 2. The first-order valence-electron chi connectivity index (χ1n) is 6.75. The van der Waals surface area contributed by atoms with Crippen molar-refractivity contribution < 1.29 is 9.13 Å². The van der Waals surface area contributed by atoms with Gasteiger partial charge >= 0.3 is 0 Å². The zero-order valence-corrected chi connectivity index (χ0v) is 11.7. The molecule has 0 aliphatic carbocycles. The van der Waals surface area contributed by atoms with E-state index in [4.69, 9.17) is 10.5 Å². The summed E-state index contributed by atoms with van der Waals surface area (Å²) in [6, 6.07) is 10.4. The van der Waals surface area contributed by atoms with Crippen LogP contribution in [-0.2, 0) is 0 Å². The van der Waals surface area contributed by atoms with Gasteiger partial charge in [0.05, 0.1) is 17.2 Å². The highest BCUT2D eigenvalue weighted by Crippen LogP contribution is 2.18. The highest BCUT2D eigenvalue weighted by molar-refractivity contribution is 5.81. The molecule has 2 aromatic heterocycles. The summed E-state index contributed by atoms with van der Waals surface area (Å²) in [6.45, 7) is 0.125. The highest BCUT2D eigenvalue weighted by Gasteiger charge is 2.07. The second-order valence-electron chi connectivity index (χ2n) is 4.78. The molecule has 0 saturated heterocycles. The number of ether oxygens (including phenoxy) is 1. The quantitative estimate of drug-likeness (QED) is 0.748. The van der Waals surface area contributed by atoms with E-state index in [2.05, 4.69) is 4.98 Å². The summed E-state index contributed by atoms with van der Waals surface area (Å²) in [5.74, 6) is 0.468. The largest absolute Gasteiger partial charge is 0.489 e. The minimum Gasteiger partial charge on any atom is -0.489 e. The molecule has 0 radical (unpaired) electrons. The summed E-state index contributed by atoms with van der Waals surface area (Å²) in [6.07, 6.45) is 2.10. The van der Waals surface area contributed by atoms with E-state index < -0.39 is 0 Å². The first-order chi connectivity index (χ1) is 10.7. The molecule has 0 fully saturated rings. The smallest absolute Gasteiger partial charge is 0.265 e. The molecule has 2 heterocycles. The van der Waals surface area contributed by atoms with E-state index in [0.717, 1.165) is 0 Å². The number of pyridine rings is 1. The number of halogens is 1. The number of fused-ring (bicyclic) bond motifs is 2. The molecule has 0 saturated carbocycles. The van der Waals surface area contributed by atoms with Crippen molar-refractivity contribution in [3.63, 3.8) is 0 Å². The SMILES string of the molecule is NC/C(=C/F)COc1ccc2nc3ccccn3c(=O)c2c1. The Bertz CT molecular complexity index is 918. The molecule has 6 heteroatoms. The van der Waals surface area contributed by atoms with Crippen LogP contribution in [-0.4, -0.2) is 22.5 Å². The van der Waals surface area contributed by atoms with E-state index in [0.29, 0.717) is 34.2 Å². The van der Waals surface area contributed by atoms with Gasteiger partial charge in [-0.05, 0) is 30.3 Å². The summed E-state index contributed by atoms with van der Waals surface area (Å²) in [7, 11) is 0. The van der Waals surface area contributed by atoms with Crippen molar-refractivity contribution in [2.24, 2.45) is 5.73 Å². The van der Waals surface area contributed by atoms with Crippen LogP contribution in [0.4, 0.5) is 4.39 Å². The molecule has 0 unspecified atom stereocenters. The Morgan fingerprint density at radius 2 is 2.23 bits per heavy atom. The molecule has 22 heavy (non-hydrogen) atoms. The summed E-state index contributed by atoms with van der Waals surface area (Å²) < 4.78 is 19.4. The van der Waals surface area contributed by atoms with Crippen LogP contribution in [0.2, 0.25) is 0 Å². The average Bonchev–Trinajstić information content (AvgIpc) is 2.56. The van der Waals surface area contributed by atoms with Gasteiger partial charge in [-0.25, -0.2) is 9.37 Å². The molecule has 0 aliphatic heterocycles. The van der Waals surface area contributed by atoms with E-state index in [1.807, 2.05) is 6.07 Å². The van der Waals surface area contributed by atoms with Gasteiger partial charge in [0.15, 0.2) is 0 Å². The minimum atomic E-state index is -0.175. The van der Waals surface area contributed by atoms with Crippen molar-refractivity contribution in [1.82, 2.24) is 9.38 Å². The molecule has 3 aromatic rings. The van der Waals surface area contributed by atoms with E-state index in [9.17, 15) is 9.18 Å². The monoisotopic (exact) mass is 299 g/mol. The maximum Gasteiger partial charge on any atom is 0.265 e. The molecule has 5 nitrogen and oxygen atoms in total. The molecular formula is C16H14FN3O2. The zero-order valence-electron chi connectivity index (χ0n) is 11.7. The van der Waals surface area contributed by atoms with Gasteiger partial charge in [0.2, 0.25) is 0 Å². The number of aromatic nitrogens is 2. The Labute approximate surface area is 125 Å². The van der Waals surface area contributed by atoms with Gasteiger partial charge < -0.3 is 10.5 Å². The molecule has 0 aliphatic rings. The number of benzene rings is 1. The lowest BCUT2D eigenvalue weighted by molar-refractivity contribution is 0.348. The summed E-state index contributed by atoms with van der Waals surface area (Å²) in [4.78, 5) is 16.9. The normalized spacial score (nSPS) is 12.0.